The molecule has 0 spiro atoms. The van der Waals surface area contributed by atoms with Gasteiger partial charge < -0.3 is 10.6 Å². The molecule has 90 valence electrons. The number of carbonyl (C=O) groups is 2. The first-order chi connectivity index (χ1) is 8.16. The molecule has 1 aromatic rings. The van der Waals surface area contributed by atoms with Gasteiger partial charge >= 0.3 is 0 Å². The third-order valence-electron chi connectivity index (χ3n) is 2.75. The second-order valence-corrected chi connectivity index (χ2v) is 3.98. The highest BCUT2D eigenvalue weighted by atomic mass is 19.1. The molecule has 17 heavy (non-hydrogen) atoms. The van der Waals surface area contributed by atoms with E-state index in [4.69, 9.17) is 0 Å². The summed E-state index contributed by atoms with van der Waals surface area (Å²) in [5.74, 6) is -1.39. The van der Waals surface area contributed by atoms with Crippen molar-refractivity contribution in [2.24, 2.45) is 5.92 Å². The predicted octanol–water partition coefficient (Wildman–Crippen LogP) is 0.578. The van der Waals surface area contributed by atoms with Gasteiger partial charge in [-0.3, -0.25) is 9.59 Å². The molecule has 1 saturated heterocycles. The van der Waals surface area contributed by atoms with Crippen LogP contribution in [0, 0.1) is 11.7 Å². The van der Waals surface area contributed by atoms with Gasteiger partial charge in [0.2, 0.25) is 11.8 Å². The van der Waals surface area contributed by atoms with Crippen LogP contribution in [0.3, 0.4) is 0 Å². The number of amides is 2. The van der Waals surface area contributed by atoms with Crippen molar-refractivity contribution in [1.29, 1.82) is 0 Å². The molecule has 0 unspecified atom stereocenters. The lowest BCUT2D eigenvalue weighted by Crippen LogP contribution is -2.34. The summed E-state index contributed by atoms with van der Waals surface area (Å²) in [5, 5.41) is 5.28. The quantitative estimate of drug-likeness (QED) is 0.754. The number of rotatable bonds is 3. The van der Waals surface area contributed by atoms with Crippen molar-refractivity contribution in [1.82, 2.24) is 10.6 Å². The largest absolute Gasteiger partial charge is 0.355 e. The number of halogens is 1. The Bertz CT molecular complexity index is 431. The molecule has 1 aliphatic rings. The molecule has 2 rings (SSSR count). The maximum atomic E-state index is 12.6. The van der Waals surface area contributed by atoms with Crippen molar-refractivity contribution in [2.45, 2.75) is 13.0 Å². The zero-order valence-electron chi connectivity index (χ0n) is 9.20. The summed E-state index contributed by atoms with van der Waals surface area (Å²) in [4.78, 5) is 22.9. The molecule has 0 radical (unpaired) electrons. The molecular formula is C12H13FN2O2. The standard InChI is InChI=1S/C12H13FN2O2/c13-9-3-1-8(2-4-9)7-15-12(17)10-5-6-14-11(10)16/h1-4,10H,5-7H2,(H,14,16)(H,15,17)/t10-/m0/s1. The Morgan fingerprint density at radius 2 is 2.12 bits per heavy atom. The molecule has 0 bridgehead atoms. The third kappa shape index (κ3) is 2.81. The predicted molar refractivity (Wildman–Crippen MR) is 59.4 cm³/mol. The molecule has 4 nitrogen and oxygen atoms in total. The van der Waals surface area contributed by atoms with Gasteiger partial charge in [-0.15, -0.1) is 0 Å². The fraction of sp³-hybridized carbons (Fsp3) is 0.333. The Morgan fingerprint density at radius 1 is 1.41 bits per heavy atom. The maximum absolute atomic E-state index is 12.6. The lowest BCUT2D eigenvalue weighted by Gasteiger charge is -2.08. The van der Waals surface area contributed by atoms with Crippen LogP contribution in [0.5, 0.6) is 0 Å². The normalized spacial score (nSPS) is 18.9. The molecule has 0 aliphatic carbocycles. The van der Waals surface area contributed by atoms with E-state index in [1.165, 1.54) is 12.1 Å². The lowest BCUT2D eigenvalue weighted by molar-refractivity contribution is -0.133. The van der Waals surface area contributed by atoms with Gasteiger partial charge in [0.1, 0.15) is 11.7 Å². The first-order valence-corrected chi connectivity index (χ1v) is 5.46. The highest BCUT2D eigenvalue weighted by Gasteiger charge is 2.30. The van der Waals surface area contributed by atoms with Crippen molar-refractivity contribution in [2.75, 3.05) is 6.54 Å². The summed E-state index contributed by atoms with van der Waals surface area (Å²) >= 11 is 0. The minimum Gasteiger partial charge on any atom is -0.355 e. The Kier molecular flexibility index (Phi) is 3.37. The Hall–Kier alpha value is -1.91. The number of benzene rings is 1. The summed E-state index contributed by atoms with van der Waals surface area (Å²) in [5.41, 5.74) is 0.804. The SMILES string of the molecule is O=C1NCC[C@@H]1C(=O)NCc1ccc(F)cc1. The second-order valence-electron chi connectivity index (χ2n) is 3.98. The Balaban J connectivity index is 1.87. The molecule has 2 N–H and O–H groups in total. The maximum Gasteiger partial charge on any atom is 0.232 e. The van der Waals surface area contributed by atoms with Crippen LogP contribution < -0.4 is 10.6 Å². The third-order valence-corrected chi connectivity index (χ3v) is 2.75. The molecular weight excluding hydrogens is 223 g/mol. The van der Waals surface area contributed by atoms with Gasteiger partial charge in [-0.1, -0.05) is 12.1 Å². The van der Waals surface area contributed by atoms with E-state index in [9.17, 15) is 14.0 Å². The van der Waals surface area contributed by atoms with Crippen molar-refractivity contribution >= 4 is 11.8 Å². The molecule has 1 aliphatic heterocycles. The number of nitrogens with one attached hydrogen (secondary N) is 2. The van der Waals surface area contributed by atoms with E-state index in [0.717, 1.165) is 5.56 Å². The molecule has 0 aromatic heterocycles. The summed E-state index contributed by atoms with van der Waals surface area (Å²) < 4.78 is 12.6. The summed E-state index contributed by atoms with van der Waals surface area (Å²) in [7, 11) is 0. The van der Waals surface area contributed by atoms with E-state index in [2.05, 4.69) is 10.6 Å². The van der Waals surface area contributed by atoms with E-state index < -0.39 is 5.92 Å². The van der Waals surface area contributed by atoms with E-state index in [1.807, 2.05) is 0 Å². The van der Waals surface area contributed by atoms with E-state index in [0.29, 0.717) is 19.5 Å². The van der Waals surface area contributed by atoms with Gasteiger partial charge in [-0.25, -0.2) is 4.39 Å². The molecule has 1 aromatic carbocycles. The van der Waals surface area contributed by atoms with Crippen LogP contribution in [0.4, 0.5) is 4.39 Å². The van der Waals surface area contributed by atoms with Gasteiger partial charge in [0.25, 0.3) is 0 Å². The summed E-state index contributed by atoms with van der Waals surface area (Å²) in [6.07, 6.45) is 0.536. The average molecular weight is 236 g/mol. The summed E-state index contributed by atoms with van der Waals surface area (Å²) in [6.45, 7) is 0.858. The molecule has 1 heterocycles. The number of hydrogen-bond acceptors (Lipinski definition) is 2. The van der Waals surface area contributed by atoms with Crippen LogP contribution in [-0.2, 0) is 16.1 Å². The minimum absolute atomic E-state index is 0.221. The Labute approximate surface area is 98.2 Å². The fourth-order valence-corrected chi connectivity index (χ4v) is 1.76. The molecule has 5 heteroatoms. The van der Waals surface area contributed by atoms with E-state index in [-0.39, 0.29) is 17.6 Å². The molecule has 1 fully saturated rings. The van der Waals surface area contributed by atoms with Crippen LogP contribution in [0.25, 0.3) is 0 Å². The minimum atomic E-state index is -0.588. The number of carbonyl (C=O) groups excluding carboxylic acids is 2. The first-order valence-electron chi connectivity index (χ1n) is 5.46. The number of hydrogen-bond donors (Lipinski definition) is 2. The topological polar surface area (TPSA) is 58.2 Å². The summed E-state index contributed by atoms with van der Waals surface area (Å²) in [6, 6.07) is 5.88. The second kappa shape index (κ2) is 4.95. The Morgan fingerprint density at radius 3 is 2.71 bits per heavy atom. The lowest BCUT2D eigenvalue weighted by atomic mass is 10.1. The average Bonchev–Trinajstić information content (AvgIpc) is 2.74. The first kappa shape index (κ1) is 11.6. The van der Waals surface area contributed by atoms with Gasteiger partial charge in [0.15, 0.2) is 0 Å². The van der Waals surface area contributed by atoms with Crippen LogP contribution in [0.2, 0.25) is 0 Å². The van der Waals surface area contributed by atoms with Crippen molar-refractivity contribution in [3.8, 4) is 0 Å². The van der Waals surface area contributed by atoms with Crippen LogP contribution in [0.1, 0.15) is 12.0 Å². The van der Waals surface area contributed by atoms with Gasteiger partial charge in [-0.2, -0.15) is 0 Å². The smallest absolute Gasteiger partial charge is 0.232 e. The van der Waals surface area contributed by atoms with Crippen molar-refractivity contribution < 1.29 is 14.0 Å². The fourth-order valence-electron chi connectivity index (χ4n) is 1.76. The van der Waals surface area contributed by atoms with Crippen LogP contribution in [-0.4, -0.2) is 18.4 Å². The van der Waals surface area contributed by atoms with Crippen LogP contribution >= 0.6 is 0 Å². The zero-order valence-corrected chi connectivity index (χ0v) is 9.20. The monoisotopic (exact) mass is 236 g/mol. The van der Waals surface area contributed by atoms with Crippen molar-refractivity contribution in [3.05, 3.63) is 35.6 Å². The molecule has 1 atom stereocenters. The zero-order chi connectivity index (χ0) is 12.3. The molecule has 0 saturated carbocycles. The van der Waals surface area contributed by atoms with Crippen LogP contribution in [0.15, 0.2) is 24.3 Å². The highest BCUT2D eigenvalue weighted by Crippen LogP contribution is 2.09. The van der Waals surface area contributed by atoms with Gasteiger partial charge in [0.05, 0.1) is 0 Å². The molecule has 2 amide bonds. The van der Waals surface area contributed by atoms with Gasteiger partial charge in [-0.05, 0) is 24.1 Å². The van der Waals surface area contributed by atoms with Crippen molar-refractivity contribution in [3.63, 3.8) is 0 Å². The van der Waals surface area contributed by atoms with E-state index >= 15 is 0 Å². The highest BCUT2D eigenvalue weighted by molar-refractivity contribution is 6.01. The van der Waals surface area contributed by atoms with Gasteiger partial charge in [0, 0.05) is 13.1 Å². The van der Waals surface area contributed by atoms with E-state index in [1.54, 1.807) is 12.1 Å².